The number of aliphatic hydroxyl groups is 1. The van der Waals surface area contributed by atoms with E-state index in [9.17, 15) is 13.5 Å². The molecule has 0 aliphatic carbocycles. The summed E-state index contributed by atoms with van der Waals surface area (Å²) in [6, 6.07) is 14.9. The maximum absolute atomic E-state index is 13.4. The topological polar surface area (TPSA) is 75.6 Å². The molecular weight excluding hydrogens is 374 g/mol. The summed E-state index contributed by atoms with van der Waals surface area (Å²) in [6.07, 6.45) is 1.29. The Bertz CT molecular complexity index is 911. The number of ether oxygens (including phenoxy) is 1. The smallest absolute Gasteiger partial charge is 0.180 e. The highest BCUT2D eigenvalue weighted by Gasteiger charge is 2.42. The van der Waals surface area contributed by atoms with Gasteiger partial charge in [-0.1, -0.05) is 43.3 Å². The number of rotatable bonds is 6. The highest BCUT2D eigenvalue weighted by atomic mass is 32.2. The van der Waals surface area contributed by atoms with E-state index >= 15 is 0 Å². The molecule has 0 amide bonds. The lowest BCUT2D eigenvalue weighted by atomic mass is 9.87. The van der Waals surface area contributed by atoms with Gasteiger partial charge >= 0.3 is 0 Å². The van der Waals surface area contributed by atoms with E-state index in [1.54, 1.807) is 19.1 Å². The molecule has 1 aliphatic rings. The van der Waals surface area contributed by atoms with Crippen LogP contribution in [-0.2, 0) is 9.84 Å². The van der Waals surface area contributed by atoms with Crippen molar-refractivity contribution in [3.63, 3.8) is 0 Å². The van der Waals surface area contributed by atoms with Crippen LogP contribution in [0.1, 0.15) is 50.3 Å². The molecule has 2 N–H and O–H groups in total. The highest BCUT2D eigenvalue weighted by Crippen LogP contribution is 2.39. The Labute approximate surface area is 167 Å². The van der Waals surface area contributed by atoms with Gasteiger partial charge in [0, 0.05) is 5.54 Å². The van der Waals surface area contributed by atoms with Gasteiger partial charge in [-0.05, 0) is 49.4 Å². The monoisotopic (exact) mass is 403 g/mol. The van der Waals surface area contributed by atoms with Crippen molar-refractivity contribution in [3.8, 4) is 5.75 Å². The van der Waals surface area contributed by atoms with Crippen LogP contribution in [0.25, 0.3) is 0 Å². The van der Waals surface area contributed by atoms with Crippen molar-refractivity contribution in [1.82, 2.24) is 5.32 Å². The third kappa shape index (κ3) is 4.24. The normalized spacial score (nSPS) is 24.8. The Morgan fingerprint density at radius 1 is 1.25 bits per heavy atom. The summed E-state index contributed by atoms with van der Waals surface area (Å²) in [5.74, 6) is 0.523. The maximum Gasteiger partial charge on any atom is 0.180 e. The van der Waals surface area contributed by atoms with Crippen LogP contribution in [0.3, 0.4) is 0 Å². The zero-order chi connectivity index (χ0) is 20.4. The summed E-state index contributed by atoms with van der Waals surface area (Å²) in [5, 5.41) is 13.5. The molecule has 2 aromatic rings. The summed E-state index contributed by atoms with van der Waals surface area (Å²) in [4.78, 5) is 0.320. The minimum absolute atomic E-state index is 0.00722. The molecule has 0 radical (unpaired) electrons. The van der Waals surface area contributed by atoms with Crippen LogP contribution in [0.5, 0.6) is 5.75 Å². The zero-order valence-electron chi connectivity index (χ0n) is 16.7. The van der Waals surface area contributed by atoms with Crippen molar-refractivity contribution >= 4 is 9.84 Å². The number of aliphatic hydroxyl groups excluding tert-OH is 1. The molecule has 0 bridgehead atoms. The van der Waals surface area contributed by atoms with E-state index in [1.165, 1.54) is 7.11 Å². The van der Waals surface area contributed by atoms with Crippen molar-refractivity contribution in [2.45, 2.75) is 55.7 Å². The van der Waals surface area contributed by atoms with Gasteiger partial charge in [-0.15, -0.1) is 0 Å². The first-order valence-corrected chi connectivity index (χ1v) is 11.4. The molecule has 152 valence electrons. The van der Waals surface area contributed by atoms with Gasteiger partial charge in [-0.2, -0.15) is 0 Å². The lowest BCUT2D eigenvalue weighted by Gasteiger charge is -2.36. The van der Waals surface area contributed by atoms with Crippen LogP contribution < -0.4 is 10.1 Å². The summed E-state index contributed by atoms with van der Waals surface area (Å²) in [7, 11) is -2.01. The summed E-state index contributed by atoms with van der Waals surface area (Å²) >= 11 is 0. The van der Waals surface area contributed by atoms with Crippen molar-refractivity contribution in [2.24, 2.45) is 0 Å². The average Bonchev–Trinajstić information content (AvgIpc) is 2.79. The fourth-order valence-electron chi connectivity index (χ4n) is 3.94. The van der Waals surface area contributed by atoms with Crippen LogP contribution >= 0.6 is 0 Å². The number of methoxy groups -OCH3 is 1. The molecule has 0 spiro atoms. The SMILES string of the molecule is CC[C@]1(CCC(C)O)CS(=O)(=O)c2cc(OC)ccc2[C@H](c2ccccc2)N1. The van der Waals surface area contributed by atoms with Gasteiger partial charge in [0.1, 0.15) is 5.75 Å². The van der Waals surface area contributed by atoms with Crippen LogP contribution in [0, 0.1) is 0 Å². The first kappa shape index (κ1) is 20.8. The van der Waals surface area contributed by atoms with Crippen LogP contribution in [0.4, 0.5) is 0 Å². The third-order valence-electron chi connectivity index (χ3n) is 5.63. The number of hydrogen-bond acceptors (Lipinski definition) is 5. The Kier molecular flexibility index (Phi) is 6.12. The van der Waals surface area contributed by atoms with Gasteiger partial charge in [0.05, 0.1) is 29.9 Å². The molecule has 3 rings (SSSR count). The zero-order valence-corrected chi connectivity index (χ0v) is 17.5. The quantitative estimate of drug-likeness (QED) is 0.772. The van der Waals surface area contributed by atoms with E-state index in [0.29, 0.717) is 29.9 Å². The number of fused-ring (bicyclic) bond motifs is 1. The molecule has 6 heteroatoms. The van der Waals surface area contributed by atoms with E-state index in [2.05, 4.69) is 5.32 Å². The summed E-state index contributed by atoms with van der Waals surface area (Å²) in [6.45, 7) is 3.74. The lowest BCUT2D eigenvalue weighted by Crippen LogP contribution is -2.50. The molecule has 0 saturated heterocycles. The second-order valence-electron chi connectivity index (χ2n) is 7.67. The minimum Gasteiger partial charge on any atom is -0.497 e. The van der Waals surface area contributed by atoms with Gasteiger partial charge in [0.2, 0.25) is 0 Å². The van der Waals surface area contributed by atoms with Gasteiger partial charge in [-0.25, -0.2) is 8.42 Å². The van der Waals surface area contributed by atoms with Crippen LogP contribution in [0.2, 0.25) is 0 Å². The molecule has 1 aliphatic heterocycles. The van der Waals surface area contributed by atoms with Crippen molar-refractivity contribution in [1.29, 1.82) is 0 Å². The van der Waals surface area contributed by atoms with Crippen LogP contribution in [-0.4, -0.2) is 38.0 Å². The predicted molar refractivity (Wildman–Crippen MR) is 110 cm³/mol. The van der Waals surface area contributed by atoms with Crippen LogP contribution in [0.15, 0.2) is 53.4 Å². The second kappa shape index (κ2) is 8.23. The summed E-state index contributed by atoms with van der Waals surface area (Å²) in [5.41, 5.74) is 1.13. The average molecular weight is 404 g/mol. The Morgan fingerprint density at radius 3 is 2.57 bits per heavy atom. The first-order chi connectivity index (χ1) is 13.3. The van der Waals surface area contributed by atoms with Crippen molar-refractivity contribution < 1.29 is 18.3 Å². The highest BCUT2D eigenvalue weighted by molar-refractivity contribution is 7.91. The fourth-order valence-corrected chi connectivity index (χ4v) is 6.09. The van der Waals surface area contributed by atoms with E-state index in [1.807, 2.05) is 43.3 Å². The predicted octanol–water partition coefficient (Wildman–Crippen LogP) is 3.47. The van der Waals surface area contributed by atoms with E-state index in [-0.39, 0.29) is 11.8 Å². The number of sulfone groups is 1. The molecule has 1 heterocycles. The molecule has 5 nitrogen and oxygen atoms in total. The summed E-state index contributed by atoms with van der Waals surface area (Å²) < 4.78 is 32.1. The molecule has 2 aromatic carbocycles. The minimum atomic E-state index is -3.54. The molecule has 0 fully saturated rings. The first-order valence-electron chi connectivity index (χ1n) is 9.71. The maximum atomic E-state index is 13.4. The Balaban J connectivity index is 2.18. The number of benzene rings is 2. The van der Waals surface area contributed by atoms with E-state index in [4.69, 9.17) is 4.74 Å². The fraction of sp³-hybridized carbons (Fsp3) is 0.455. The van der Waals surface area contributed by atoms with Crippen molar-refractivity contribution in [2.75, 3.05) is 12.9 Å². The Morgan fingerprint density at radius 2 is 1.96 bits per heavy atom. The van der Waals surface area contributed by atoms with Gasteiger partial charge < -0.3 is 9.84 Å². The second-order valence-corrected chi connectivity index (χ2v) is 9.63. The van der Waals surface area contributed by atoms with Crippen molar-refractivity contribution in [3.05, 3.63) is 59.7 Å². The lowest BCUT2D eigenvalue weighted by molar-refractivity contribution is 0.160. The van der Waals surface area contributed by atoms with Gasteiger partial charge in [-0.3, -0.25) is 5.32 Å². The van der Waals surface area contributed by atoms with E-state index < -0.39 is 21.5 Å². The largest absolute Gasteiger partial charge is 0.497 e. The molecule has 3 atom stereocenters. The van der Waals surface area contributed by atoms with E-state index in [0.717, 1.165) is 11.1 Å². The van der Waals surface area contributed by atoms with Gasteiger partial charge in [0.15, 0.2) is 9.84 Å². The standard InChI is InChI=1S/C22H29NO4S/c1-4-22(13-12-16(2)24)15-28(25,26)20-14-18(27-3)10-11-19(20)21(23-22)17-8-6-5-7-9-17/h5-11,14,16,21,23-24H,4,12-13,15H2,1-3H3/t16?,21-,22-/m0/s1. The number of hydrogen-bond donors (Lipinski definition) is 2. The third-order valence-corrected chi connectivity index (χ3v) is 7.59. The van der Waals surface area contributed by atoms with Gasteiger partial charge in [0.25, 0.3) is 0 Å². The Hall–Kier alpha value is -1.89. The number of nitrogens with one attached hydrogen (secondary N) is 1. The molecule has 28 heavy (non-hydrogen) atoms. The molecular formula is C22H29NO4S. The molecule has 0 saturated carbocycles. The molecule has 0 aromatic heterocycles. The molecule has 1 unspecified atom stereocenters.